The number of nitrogens with one attached hydrogen (secondary N) is 2. The van der Waals surface area contributed by atoms with Gasteiger partial charge in [-0.2, -0.15) is 4.98 Å². The Labute approximate surface area is 166 Å². The van der Waals surface area contributed by atoms with Crippen molar-refractivity contribution in [2.75, 3.05) is 30.9 Å². The third kappa shape index (κ3) is 5.36. The van der Waals surface area contributed by atoms with Crippen molar-refractivity contribution in [2.24, 2.45) is 0 Å². The van der Waals surface area contributed by atoms with Gasteiger partial charge >= 0.3 is 0 Å². The summed E-state index contributed by atoms with van der Waals surface area (Å²) >= 11 is 0. The molecule has 0 saturated carbocycles. The first-order chi connectivity index (χ1) is 13.7. The molecule has 0 aliphatic rings. The Morgan fingerprint density at radius 2 is 1.86 bits per heavy atom. The van der Waals surface area contributed by atoms with Crippen molar-refractivity contribution in [1.82, 2.24) is 9.97 Å². The summed E-state index contributed by atoms with van der Waals surface area (Å²) in [5, 5.41) is 6.63. The quantitative estimate of drug-likeness (QED) is 0.568. The SMILES string of the molecule is CCOc1ccccc1Nc1cc(C)nc(NCCc2cccc(OC)c2)n1. The molecule has 2 N–H and O–H groups in total. The zero-order valence-electron chi connectivity index (χ0n) is 16.5. The Morgan fingerprint density at radius 3 is 2.68 bits per heavy atom. The smallest absolute Gasteiger partial charge is 0.224 e. The number of rotatable bonds is 9. The lowest BCUT2D eigenvalue weighted by atomic mass is 10.1. The third-order valence-electron chi connectivity index (χ3n) is 4.13. The molecule has 146 valence electrons. The van der Waals surface area contributed by atoms with Gasteiger partial charge in [0.05, 0.1) is 19.4 Å². The molecule has 3 aromatic rings. The van der Waals surface area contributed by atoms with Gasteiger partial charge in [0, 0.05) is 18.3 Å². The summed E-state index contributed by atoms with van der Waals surface area (Å²) in [5.74, 6) is 2.99. The van der Waals surface area contributed by atoms with Crippen LogP contribution in [0.5, 0.6) is 11.5 Å². The molecular weight excluding hydrogens is 352 g/mol. The molecule has 0 amide bonds. The van der Waals surface area contributed by atoms with Crippen molar-refractivity contribution >= 4 is 17.5 Å². The Bertz CT molecular complexity index is 915. The van der Waals surface area contributed by atoms with Crippen LogP contribution in [0.2, 0.25) is 0 Å². The number of para-hydroxylation sites is 2. The van der Waals surface area contributed by atoms with E-state index in [4.69, 9.17) is 9.47 Å². The molecule has 28 heavy (non-hydrogen) atoms. The molecule has 0 atom stereocenters. The maximum absolute atomic E-state index is 5.67. The van der Waals surface area contributed by atoms with Crippen molar-refractivity contribution in [2.45, 2.75) is 20.3 Å². The highest BCUT2D eigenvalue weighted by atomic mass is 16.5. The first kappa shape index (κ1) is 19.5. The molecule has 0 aliphatic carbocycles. The largest absolute Gasteiger partial charge is 0.497 e. The number of anilines is 3. The van der Waals surface area contributed by atoms with E-state index in [1.54, 1.807) is 7.11 Å². The molecule has 0 fully saturated rings. The van der Waals surface area contributed by atoms with E-state index in [2.05, 4.69) is 26.7 Å². The van der Waals surface area contributed by atoms with Crippen molar-refractivity contribution in [3.8, 4) is 11.5 Å². The number of methoxy groups -OCH3 is 1. The van der Waals surface area contributed by atoms with Crippen molar-refractivity contribution in [3.63, 3.8) is 0 Å². The van der Waals surface area contributed by atoms with Gasteiger partial charge in [0.15, 0.2) is 0 Å². The molecule has 0 aliphatic heterocycles. The molecule has 1 aromatic heterocycles. The normalized spacial score (nSPS) is 10.4. The van der Waals surface area contributed by atoms with Crippen LogP contribution < -0.4 is 20.1 Å². The first-order valence-corrected chi connectivity index (χ1v) is 9.39. The molecular formula is C22H26N4O2. The second kappa shape index (κ2) is 9.60. The van der Waals surface area contributed by atoms with E-state index in [1.807, 2.05) is 62.4 Å². The first-order valence-electron chi connectivity index (χ1n) is 9.39. The number of benzene rings is 2. The zero-order chi connectivity index (χ0) is 19.8. The predicted molar refractivity (Wildman–Crippen MR) is 113 cm³/mol. The van der Waals surface area contributed by atoms with Gasteiger partial charge in [-0.15, -0.1) is 0 Å². The highest BCUT2D eigenvalue weighted by Crippen LogP contribution is 2.27. The minimum Gasteiger partial charge on any atom is -0.497 e. The summed E-state index contributed by atoms with van der Waals surface area (Å²) in [6.07, 6.45) is 0.852. The van der Waals surface area contributed by atoms with Gasteiger partial charge in [-0.3, -0.25) is 0 Å². The van der Waals surface area contributed by atoms with E-state index in [0.717, 1.165) is 41.7 Å². The lowest BCUT2D eigenvalue weighted by Crippen LogP contribution is -2.10. The molecule has 6 heteroatoms. The molecule has 0 spiro atoms. The summed E-state index contributed by atoms with van der Waals surface area (Å²) in [4.78, 5) is 9.06. The average Bonchev–Trinajstić information content (AvgIpc) is 2.69. The van der Waals surface area contributed by atoms with E-state index in [0.29, 0.717) is 12.6 Å². The number of aromatic nitrogens is 2. The van der Waals surface area contributed by atoms with Gasteiger partial charge in [-0.05, 0) is 50.1 Å². The molecule has 2 aromatic carbocycles. The van der Waals surface area contributed by atoms with Gasteiger partial charge in [-0.25, -0.2) is 4.98 Å². The third-order valence-corrected chi connectivity index (χ3v) is 4.13. The monoisotopic (exact) mass is 378 g/mol. The van der Waals surface area contributed by atoms with E-state index in [9.17, 15) is 0 Å². The van der Waals surface area contributed by atoms with Crippen LogP contribution in [-0.4, -0.2) is 30.2 Å². The van der Waals surface area contributed by atoms with Gasteiger partial charge in [-0.1, -0.05) is 24.3 Å². The standard InChI is InChI=1S/C22H26N4O2/c1-4-28-20-11-6-5-10-19(20)25-21-14-16(2)24-22(26-21)23-13-12-17-8-7-9-18(15-17)27-3/h5-11,14-15H,4,12-13H2,1-3H3,(H2,23,24,25,26). The van der Waals surface area contributed by atoms with Crippen LogP contribution >= 0.6 is 0 Å². The molecule has 3 rings (SSSR count). The van der Waals surface area contributed by atoms with Crippen molar-refractivity contribution in [3.05, 3.63) is 65.9 Å². The number of aryl methyl sites for hydroxylation is 1. The van der Waals surface area contributed by atoms with E-state index >= 15 is 0 Å². The van der Waals surface area contributed by atoms with Crippen LogP contribution in [0.15, 0.2) is 54.6 Å². The lowest BCUT2D eigenvalue weighted by molar-refractivity contribution is 0.342. The van der Waals surface area contributed by atoms with Crippen LogP contribution in [0.4, 0.5) is 17.5 Å². The molecule has 0 bridgehead atoms. The van der Waals surface area contributed by atoms with Crippen LogP contribution in [0.1, 0.15) is 18.2 Å². The van der Waals surface area contributed by atoms with Gasteiger partial charge in [0.25, 0.3) is 0 Å². The Kier molecular flexibility index (Phi) is 6.68. The summed E-state index contributed by atoms with van der Waals surface area (Å²) in [5.41, 5.74) is 2.96. The topological polar surface area (TPSA) is 68.3 Å². The molecule has 1 heterocycles. The second-order valence-corrected chi connectivity index (χ2v) is 6.30. The number of nitrogens with zero attached hydrogens (tertiary/aromatic N) is 2. The summed E-state index contributed by atoms with van der Waals surface area (Å²) in [6, 6.07) is 17.8. The molecule has 0 saturated heterocycles. The molecule has 6 nitrogen and oxygen atoms in total. The zero-order valence-corrected chi connectivity index (χ0v) is 16.5. The van der Waals surface area contributed by atoms with Crippen molar-refractivity contribution in [1.29, 1.82) is 0 Å². The average molecular weight is 378 g/mol. The summed E-state index contributed by atoms with van der Waals surface area (Å²) in [7, 11) is 1.68. The second-order valence-electron chi connectivity index (χ2n) is 6.30. The highest BCUT2D eigenvalue weighted by molar-refractivity contribution is 5.64. The van der Waals surface area contributed by atoms with Crippen LogP contribution in [0, 0.1) is 6.92 Å². The minimum absolute atomic E-state index is 0.597. The summed E-state index contributed by atoms with van der Waals surface area (Å²) < 4.78 is 10.9. The Hall–Kier alpha value is -3.28. The number of hydrogen-bond donors (Lipinski definition) is 2. The van der Waals surface area contributed by atoms with Crippen molar-refractivity contribution < 1.29 is 9.47 Å². The maximum atomic E-state index is 5.67. The Balaban J connectivity index is 1.66. The van der Waals surface area contributed by atoms with Crippen LogP contribution in [0.3, 0.4) is 0 Å². The predicted octanol–water partition coefficient (Wildman–Crippen LogP) is 4.59. The molecule has 0 unspecified atom stereocenters. The van der Waals surface area contributed by atoms with Gasteiger partial charge in [0.1, 0.15) is 17.3 Å². The maximum Gasteiger partial charge on any atom is 0.224 e. The van der Waals surface area contributed by atoms with Gasteiger partial charge < -0.3 is 20.1 Å². The van der Waals surface area contributed by atoms with Gasteiger partial charge in [0.2, 0.25) is 5.95 Å². The van der Waals surface area contributed by atoms with Crippen LogP contribution in [0.25, 0.3) is 0 Å². The van der Waals surface area contributed by atoms with E-state index < -0.39 is 0 Å². The van der Waals surface area contributed by atoms with E-state index in [-0.39, 0.29) is 0 Å². The lowest BCUT2D eigenvalue weighted by Gasteiger charge is -2.13. The number of hydrogen-bond acceptors (Lipinski definition) is 6. The number of ether oxygens (including phenoxy) is 2. The minimum atomic E-state index is 0.597. The highest BCUT2D eigenvalue weighted by Gasteiger charge is 2.07. The Morgan fingerprint density at radius 1 is 1.00 bits per heavy atom. The summed E-state index contributed by atoms with van der Waals surface area (Å²) in [6.45, 7) is 5.26. The fourth-order valence-corrected chi connectivity index (χ4v) is 2.85. The fraction of sp³-hybridized carbons (Fsp3) is 0.273. The fourth-order valence-electron chi connectivity index (χ4n) is 2.85. The van der Waals surface area contributed by atoms with Crippen LogP contribution in [-0.2, 0) is 6.42 Å². The van der Waals surface area contributed by atoms with E-state index in [1.165, 1.54) is 5.56 Å². The molecule has 0 radical (unpaired) electrons.